The zero-order chi connectivity index (χ0) is 17.2. The summed E-state index contributed by atoms with van der Waals surface area (Å²) in [5.74, 6) is -0.866. The average Bonchev–Trinajstić information content (AvgIpc) is 2.49. The summed E-state index contributed by atoms with van der Waals surface area (Å²) in [6.45, 7) is 1.52. The minimum absolute atomic E-state index is 0.00325. The van der Waals surface area contributed by atoms with Crippen LogP contribution in [0.25, 0.3) is 0 Å². The Labute approximate surface area is 147 Å². The van der Waals surface area contributed by atoms with Gasteiger partial charge in [-0.3, -0.25) is 4.79 Å². The lowest BCUT2D eigenvalue weighted by Crippen LogP contribution is -2.13. The van der Waals surface area contributed by atoms with E-state index >= 15 is 0 Å². The van der Waals surface area contributed by atoms with Gasteiger partial charge in [-0.2, -0.15) is 0 Å². The summed E-state index contributed by atoms with van der Waals surface area (Å²) >= 11 is 9.25. The third-order valence-electron chi connectivity index (χ3n) is 3.13. The van der Waals surface area contributed by atoms with E-state index in [1.807, 2.05) is 0 Å². The molecule has 0 aliphatic heterocycles. The van der Waals surface area contributed by atoms with Gasteiger partial charge >= 0.3 is 0 Å². The van der Waals surface area contributed by atoms with Crippen LogP contribution in [0.2, 0.25) is 5.02 Å². The molecule has 5 nitrogen and oxygen atoms in total. The van der Waals surface area contributed by atoms with Gasteiger partial charge in [0.25, 0.3) is 5.91 Å². The van der Waals surface area contributed by atoms with Crippen LogP contribution < -0.4 is 5.32 Å². The Morgan fingerprint density at radius 2 is 1.96 bits per heavy atom. The highest BCUT2D eigenvalue weighted by atomic mass is 79.9. The van der Waals surface area contributed by atoms with Crippen LogP contribution in [0.3, 0.4) is 0 Å². The molecule has 0 saturated heterocycles. The first-order valence-corrected chi connectivity index (χ1v) is 9.39. The summed E-state index contributed by atoms with van der Waals surface area (Å²) in [7, 11) is -3.45. The number of sulfone groups is 1. The van der Waals surface area contributed by atoms with Crippen molar-refractivity contribution >= 4 is 49.0 Å². The smallest absolute Gasteiger partial charge is 0.257 e. The normalized spacial score (nSPS) is 11.3. The number of hydrogen-bond acceptors (Lipinski definition) is 4. The highest BCUT2D eigenvalue weighted by Gasteiger charge is 2.17. The van der Waals surface area contributed by atoms with Crippen molar-refractivity contribution in [3.63, 3.8) is 0 Å². The molecule has 0 aromatic heterocycles. The van der Waals surface area contributed by atoms with Crippen LogP contribution in [0.1, 0.15) is 17.3 Å². The number of carbonyl (C=O) groups is 1. The van der Waals surface area contributed by atoms with Gasteiger partial charge in [-0.25, -0.2) is 8.42 Å². The maximum atomic E-state index is 12.3. The number of phenolic OH excluding ortho intramolecular Hbond substituents is 1. The van der Waals surface area contributed by atoms with Crippen molar-refractivity contribution in [3.8, 4) is 5.75 Å². The number of halogens is 2. The molecule has 2 rings (SSSR count). The molecule has 0 radical (unpaired) electrons. The van der Waals surface area contributed by atoms with Crippen LogP contribution in [0, 0.1) is 0 Å². The number of carbonyl (C=O) groups excluding carboxylic acids is 1. The number of aromatic hydroxyl groups is 1. The number of hydrogen-bond donors (Lipinski definition) is 2. The molecule has 122 valence electrons. The Hall–Kier alpha value is -1.57. The van der Waals surface area contributed by atoms with Gasteiger partial charge in [-0.1, -0.05) is 34.5 Å². The van der Waals surface area contributed by atoms with Gasteiger partial charge < -0.3 is 10.4 Å². The molecule has 0 atom stereocenters. The van der Waals surface area contributed by atoms with Gasteiger partial charge in [0.15, 0.2) is 9.84 Å². The van der Waals surface area contributed by atoms with E-state index in [1.54, 1.807) is 12.1 Å². The third kappa shape index (κ3) is 4.04. The minimum Gasteiger partial charge on any atom is -0.506 e. The molecule has 2 aromatic carbocycles. The van der Waals surface area contributed by atoms with E-state index in [-0.39, 0.29) is 32.7 Å². The summed E-state index contributed by atoms with van der Waals surface area (Å²) in [6, 6.07) is 8.47. The lowest BCUT2D eigenvalue weighted by molar-refractivity contribution is 0.102. The molecule has 0 heterocycles. The van der Waals surface area contributed by atoms with Gasteiger partial charge in [-0.05, 0) is 36.4 Å². The topological polar surface area (TPSA) is 83.5 Å². The maximum Gasteiger partial charge on any atom is 0.257 e. The first kappa shape index (κ1) is 17.8. The molecule has 0 aliphatic carbocycles. The molecule has 2 aromatic rings. The second-order valence-corrected chi connectivity index (χ2v) is 8.26. The summed E-state index contributed by atoms with van der Waals surface area (Å²) in [5.41, 5.74) is 0.210. The first-order chi connectivity index (χ1) is 10.7. The second-order valence-electron chi connectivity index (χ2n) is 4.66. The van der Waals surface area contributed by atoms with Crippen LogP contribution >= 0.6 is 27.5 Å². The van der Waals surface area contributed by atoms with E-state index in [1.165, 1.54) is 31.2 Å². The quantitative estimate of drug-likeness (QED) is 0.739. The molecular formula is C15H13BrClNO4S. The Balaban J connectivity index is 2.36. The van der Waals surface area contributed by atoms with Crippen molar-refractivity contribution in [2.24, 2.45) is 0 Å². The lowest BCUT2D eigenvalue weighted by atomic mass is 10.2. The predicted octanol–water partition coefficient (Wildman–Crippen LogP) is 3.85. The Morgan fingerprint density at radius 3 is 2.57 bits per heavy atom. The van der Waals surface area contributed by atoms with Crippen molar-refractivity contribution in [3.05, 3.63) is 51.5 Å². The van der Waals surface area contributed by atoms with Crippen molar-refractivity contribution < 1.29 is 18.3 Å². The molecule has 0 saturated carbocycles. The molecule has 0 aliphatic rings. The van der Waals surface area contributed by atoms with Crippen LogP contribution in [0.4, 0.5) is 5.69 Å². The molecule has 0 unspecified atom stereocenters. The van der Waals surface area contributed by atoms with E-state index in [9.17, 15) is 18.3 Å². The Morgan fingerprint density at radius 1 is 1.26 bits per heavy atom. The Bertz CT molecular complexity index is 868. The zero-order valence-corrected chi connectivity index (χ0v) is 15.2. The molecule has 8 heteroatoms. The van der Waals surface area contributed by atoms with E-state index in [0.29, 0.717) is 0 Å². The van der Waals surface area contributed by atoms with Crippen molar-refractivity contribution in [1.29, 1.82) is 0 Å². The number of anilines is 1. The molecule has 0 spiro atoms. The van der Waals surface area contributed by atoms with Gasteiger partial charge in [0.2, 0.25) is 0 Å². The number of amides is 1. The minimum atomic E-state index is -3.45. The van der Waals surface area contributed by atoms with Crippen LogP contribution in [0.15, 0.2) is 45.8 Å². The lowest BCUT2D eigenvalue weighted by Gasteiger charge is -2.10. The standard InChI is InChI=1S/C15H13BrClNO4S/c1-2-23(21,22)10-4-6-14(19)13(8-10)18-15(20)11-5-3-9(16)7-12(11)17/h3-8,19H,2H2,1H3,(H,18,20). The summed E-state index contributed by atoms with van der Waals surface area (Å²) in [4.78, 5) is 12.3. The molecule has 0 fully saturated rings. The third-order valence-corrected chi connectivity index (χ3v) is 5.67. The highest BCUT2D eigenvalue weighted by Crippen LogP contribution is 2.28. The van der Waals surface area contributed by atoms with E-state index in [2.05, 4.69) is 21.2 Å². The number of nitrogens with one attached hydrogen (secondary N) is 1. The number of phenols is 1. The van der Waals surface area contributed by atoms with Gasteiger partial charge in [0.1, 0.15) is 5.75 Å². The average molecular weight is 419 g/mol. The van der Waals surface area contributed by atoms with E-state index < -0.39 is 15.7 Å². The van der Waals surface area contributed by atoms with Gasteiger partial charge in [0, 0.05) is 4.47 Å². The van der Waals surface area contributed by atoms with Crippen molar-refractivity contribution in [2.45, 2.75) is 11.8 Å². The Kier molecular flexibility index (Phi) is 5.33. The van der Waals surface area contributed by atoms with E-state index in [0.717, 1.165) is 4.47 Å². The molecule has 2 N–H and O–H groups in total. The van der Waals surface area contributed by atoms with E-state index in [4.69, 9.17) is 11.6 Å². The number of rotatable bonds is 4. The second kappa shape index (κ2) is 6.90. The number of benzene rings is 2. The van der Waals surface area contributed by atoms with Crippen molar-refractivity contribution in [1.82, 2.24) is 0 Å². The zero-order valence-electron chi connectivity index (χ0n) is 12.0. The van der Waals surface area contributed by atoms with Crippen LogP contribution in [-0.4, -0.2) is 25.2 Å². The largest absolute Gasteiger partial charge is 0.506 e. The van der Waals surface area contributed by atoms with Crippen molar-refractivity contribution in [2.75, 3.05) is 11.1 Å². The fourth-order valence-electron chi connectivity index (χ4n) is 1.84. The van der Waals surface area contributed by atoms with Crippen LogP contribution in [0.5, 0.6) is 5.75 Å². The summed E-state index contributed by atoms with van der Waals surface area (Å²) in [5, 5.41) is 12.5. The molecule has 23 heavy (non-hydrogen) atoms. The predicted molar refractivity (Wildman–Crippen MR) is 92.9 cm³/mol. The highest BCUT2D eigenvalue weighted by molar-refractivity contribution is 9.10. The summed E-state index contributed by atoms with van der Waals surface area (Å²) < 4.78 is 24.5. The SMILES string of the molecule is CCS(=O)(=O)c1ccc(O)c(NC(=O)c2ccc(Br)cc2Cl)c1. The van der Waals surface area contributed by atoms with Gasteiger partial charge in [0.05, 0.1) is 26.9 Å². The maximum absolute atomic E-state index is 12.3. The van der Waals surface area contributed by atoms with Crippen LogP contribution in [-0.2, 0) is 9.84 Å². The fraction of sp³-hybridized carbons (Fsp3) is 0.133. The molecular weight excluding hydrogens is 406 g/mol. The molecule has 1 amide bonds. The molecule has 0 bridgehead atoms. The first-order valence-electron chi connectivity index (χ1n) is 6.57. The van der Waals surface area contributed by atoms with Gasteiger partial charge in [-0.15, -0.1) is 0 Å². The summed E-state index contributed by atoms with van der Waals surface area (Å²) in [6.07, 6.45) is 0. The monoisotopic (exact) mass is 417 g/mol. The fourth-order valence-corrected chi connectivity index (χ4v) is 3.50.